The Morgan fingerprint density at radius 1 is 0.906 bits per heavy atom. The van der Waals surface area contributed by atoms with Gasteiger partial charge in [0, 0.05) is 28.8 Å². The lowest BCUT2D eigenvalue weighted by Crippen LogP contribution is -2.32. The first-order valence-electron chi connectivity index (χ1n) is 10.2. The Bertz CT molecular complexity index is 1160. The molecular weight excluding hydrogens is 424 g/mol. The molecule has 0 spiro atoms. The molecule has 0 aliphatic carbocycles. The first kappa shape index (κ1) is 21.6. The van der Waals surface area contributed by atoms with E-state index in [0.29, 0.717) is 34.4 Å². The zero-order valence-electron chi connectivity index (χ0n) is 18.3. The van der Waals surface area contributed by atoms with Crippen LogP contribution >= 0.6 is 11.3 Å². The van der Waals surface area contributed by atoms with E-state index < -0.39 is 5.91 Å². The third kappa shape index (κ3) is 3.99. The average Bonchev–Trinajstić information content (AvgIpc) is 3.40. The minimum Gasteiger partial charge on any atom is -0.497 e. The second kappa shape index (κ2) is 8.88. The SMILES string of the molecule is COc1cc(NC2=C(c3cccs3)C(=O)N(c3ccc(C(C)C)cc3)C2=O)cc(OC)c1. The van der Waals surface area contributed by atoms with Gasteiger partial charge in [0.15, 0.2) is 0 Å². The van der Waals surface area contributed by atoms with Gasteiger partial charge in [0.25, 0.3) is 11.8 Å². The predicted octanol–water partition coefficient (Wildman–Crippen LogP) is 5.29. The number of methoxy groups -OCH3 is 2. The molecule has 0 fully saturated rings. The van der Waals surface area contributed by atoms with Gasteiger partial charge in [-0.1, -0.05) is 32.0 Å². The number of ether oxygens (including phenoxy) is 2. The van der Waals surface area contributed by atoms with E-state index in [4.69, 9.17) is 9.47 Å². The molecule has 0 saturated carbocycles. The third-order valence-corrected chi connectivity index (χ3v) is 6.18. The number of nitrogens with one attached hydrogen (secondary N) is 1. The number of carbonyl (C=O) groups excluding carboxylic acids is 2. The maximum atomic E-state index is 13.5. The standard InChI is InChI=1S/C25H24N2O4S/c1-15(2)16-7-9-18(10-8-16)27-24(28)22(21-6-5-11-32-21)23(25(27)29)26-17-12-19(30-3)14-20(13-17)31-4/h5-15,26H,1-4H3. The van der Waals surface area contributed by atoms with E-state index in [2.05, 4.69) is 19.2 Å². The normalized spacial score (nSPS) is 13.8. The van der Waals surface area contributed by atoms with E-state index in [0.717, 1.165) is 10.4 Å². The summed E-state index contributed by atoms with van der Waals surface area (Å²) in [5.74, 6) is 0.741. The lowest BCUT2D eigenvalue weighted by atomic mass is 10.0. The van der Waals surface area contributed by atoms with E-state index in [-0.39, 0.29) is 11.6 Å². The summed E-state index contributed by atoms with van der Waals surface area (Å²) in [4.78, 5) is 28.9. The fourth-order valence-corrected chi connectivity index (χ4v) is 4.33. The molecular formula is C25H24N2O4S. The van der Waals surface area contributed by atoms with Crippen LogP contribution in [0.1, 0.15) is 30.2 Å². The van der Waals surface area contributed by atoms with Gasteiger partial charge in [-0.15, -0.1) is 11.3 Å². The molecule has 2 aromatic carbocycles. The minimum atomic E-state index is -0.405. The molecule has 2 amide bonds. The van der Waals surface area contributed by atoms with Gasteiger partial charge in [0.05, 0.1) is 25.5 Å². The van der Waals surface area contributed by atoms with Crippen LogP contribution in [0.3, 0.4) is 0 Å². The molecule has 2 heterocycles. The Balaban J connectivity index is 1.76. The molecule has 6 nitrogen and oxygen atoms in total. The molecule has 4 rings (SSSR count). The van der Waals surface area contributed by atoms with Crippen LogP contribution in [0.15, 0.2) is 65.7 Å². The van der Waals surface area contributed by atoms with Gasteiger partial charge in [-0.2, -0.15) is 0 Å². The molecule has 0 atom stereocenters. The van der Waals surface area contributed by atoms with Gasteiger partial charge in [-0.05, 0) is 35.1 Å². The summed E-state index contributed by atoms with van der Waals surface area (Å²) >= 11 is 1.41. The fourth-order valence-electron chi connectivity index (χ4n) is 3.56. The van der Waals surface area contributed by atoms with Crippen molar-refractivity contribution >= 4 is 40.1 Å². The van der Waals surface area contributed by atoms with Crippen LogP contribution in [0.5, 0.6) is 11.5 Å². The van der Waals surface area contributed by atoms with Gasteiger partial charge in [-0.25, -0.2) is 4.90 Å². The lowest BCUT2D eigenvalue weighted by Gasteiger charge is -2.17. The summed E-state index contributed by atoms with van der Waals surface area (Å²) in [6.45, 7) is 4.20. The summed E-state index contributed by atoms with van der Waals surface area (Å²) in [6, 6.07) is 16.5. The Labute approximate surface area is 191 Å². The van der Waals surface area contributed by atoms with Crippen molar-refractivity contribution < 1.29 is 19.1 Å². The summed E-state index contributed by atoms with van der Waals surface area (Å²) in [6.07, 6.45) is 0. The monoisotopic (exact) mass is 448 g/mol. The van der Waals surface area contributed by atoms with Crippen LogP contribution in [-0.4, -0.2) is 26.0 Å². The van der Waals surface area contributed by atoms with Crippen molar-refractivity contribution in [3.05, 3.63) is 76.1 Å². The van der Waals surface area contributed by atoms with Gasteiger partial charge >= 0.3 is 0 Å². The number of anilines is 2. The predicted molar refractivity (Wildman–Crippen MR) is 127 cm³/mol. The number of carbonyl (C=O) groups is 2. The second-order valence-corrected chi connectivity index (χ2v) is 8.59. The molecule has 0 unspecified atom stereocenters. The Kier molecular flexibility index (Phi) is 6.01. The molecule has 32 heavy (non-hydrogen) atoms. The highest BCUT2D eigenvalue weighted by Crippen LogP contribution is 2.37. The molecule has 7 heteroatoms. The van der Waals surface area contributed by atoms with Crippen molar-refractivity contribution in [2.24, 2.45) is 0 Å². The molecule has 0 saturated heterocycles. The maximum absolute atomic E-state index is 13.5. The Morgan fingerprint density at radius 3 is 2.09 bits per heavy atom. The van der Waals surface area contributed by atoms with E-state index in [1.165, 1.54) is 16.2 Å². The summed E-state index contributed by atoms with van der Waals surface area (Å²) < 4.78 is 10.7. The molecule has 1 aliphatic rings. The van der Waals surface area contributed by atoms with Crippen LogP contribution < -0.4 is 19.7 Å². The zero-order chi connectivity index (χ0) is 22.8. The van der Waals surface area contributed by atoms with Crippen LogP contribution in [0.2, 0.25) is 0 Å². The number of imide groups is 1. The fraction of sp³-hybridized carbons (Fsp3) is 0.200. The van der Waals surface area contributed by atoms with Gasteiger partial charge in [-0.3, -0.25) is 9.59 Å². The number of hydrogen-bond acceptors (Lipinski definition) is 6. The summed E-state index contributed by atoms with van der Waals surface area (Å²) in [7, 11) is 3.11. The number of amides is 2. The van der Waals surface area contributed by atoms with E-state index in [1.807, 2.05) is 41.8 Å². The molecule has 164 valence electrons. The summed E-state index contributed by atoms with van der Waals surface area (Å²) in [5.41, 5.74) is 2.84. The molecule has 1 aromatic heterocycles. The number of hydrogen-bond donors (Lipinski definition) is 1. The van der Waals surface area contributed by atoms with Crippen molar-refractivity contribution in [3.63, 3.8) is 0 Å². The highest BCUT2D eigenvalue weighted by molar-refractivity contribution is 7.11. The molecule has 1 aliphatic heterocycles. The maximum Gasteiger partial charge on any atom is 0.282 e. The lowest BCUT2D eigenvalue weighted by molar-refractivity contribution is -0.120. The number of benzene rings is 2. The average molecular weight is 449 g/mol. The van der Waals surface area contributed by atoms with E-state index in [9.17, 15) is 9.59 Å². The molecule has 3 aromatic rings. The Morgan fingerprint density at radius 2 is 1.56 bits per heavy atom. The van der Waals surface area contributed by atoms with E-state index >= 15 is 0 Å². The van der Waals surface area contributed by atoms with Crippen molar-refractivity contribution in [2.75, 3.05) is 24.4 Å². The smallest absolute Gasteiger partial charge is 0.282 e. The zero-order valence-corrected chi connectivity index (χ0v) is 19.2. The number of rotatable bonds is 7. The van der Waals surface area contributed by atoms with Crippen LogP contribution in [0, 0.1) is 0 Å². The Hall–Kier alpha value is -3.58. The van der Waals surface area contributed by atoms with Crippen LogP contribution in [-0.2, 0) is 9.59 Å². The van der Waals surface area contributed by atoms with Crippen LogP contribution in [0.4, 0.5) is 11.4 Å². The molecule has 1 N–H and O–H groups in total. The quantitative estimate of drug-likeness (QED) is 0.498. The van der Waals surface area contributed by atoms with E-state index in [1.54, 1.807) is 32.4 Å². The van der Waals surface area contributed by atoms with Crippen molar-refractivity contribution in [3.8, 4) is 11.5 Å². The molecule has 0 radical (unpaired) electrons. The largest absolute Gasteiger partial charge is 0.497 e. The highest BCUT2D eigenvalue weighted by Gasteiger charge is 2.40. The van der Waals surface area contributed by atoms with Crippen molar-refractivity contribution in [1.29, 1.82) is 0 Å². The second-order valence-electron chi connectivity index (χ2n) is 7.65. The first-order valence-corrected chi connectivity index (χ1v) is 11.1. The van der Waals surface area contributed by atoms with Gasteiger partial charge in [0.1, 0.15) is 17.2 Å². The highest BCUT2D eigenvalue weighted by atomic mass is 32.1. The third-order valence-electron chi connectivity index (χ3n) is 5.29. The number of thiophene rings is 1. The van der Waals surface area contributed by atoms with Crippen molar-refractivity contribution in [1.82, 2.24) is 0 Å². The first-order chi connectivity index (χ1) is 15.4. The number of nitrogens with zero attached hydrogens (tertiary/aromatic N) is 1. The summed E-state index contributed by atoms with van der Waals surface area (Å²) in [5, 5.41) is 5.03. The van der Waals surface area contributed by atoms with Gasteiger partial charge < -0.3 is 14.8 Å². The van der Waals surface area contributed by atoms with Crippen LogP contribution in [0.25, 0.3) is 5.57 Å². The van der Waals surface area contributed by atoms with Gasteiger partial charge in [0.2, 0.25) is 0 Å². The molecule has 0 bridgehead atoms. The topological polar surface area (TPSA) is 67.9 Å². The van der Waals surface area contributed by atoms with Crippen molar-refractivity contribution in [2.45, 2.75) is 19.8 Å². The minimum absolute atomic E-state index is 0.223.